The van der Waals surface area contributed by atoms with Crippen LogP contribution in [0.15, 0.2) is 77.7 Å². The fourth-order valence-electron chi connectivity index (χ4n) is 5.96. The van der Waals surface area contributed by atoms with Gasteiger partial charge in [0.25, 0.3) is 11.6 Å². The van der Waals surface area contributed by atoms with E-state index in [0.29, 0.717) is 54.5 Å². The number of allylic oxidation sites excluding steroid dienone is 3. The van der Waals surface area contributed by atoms with Crippen LogP contribution in [0, 0.1) is 10.1 Å². The maximum atomic E-state index is 13.5. The van der Waals surface area contributed by atoms with Crippen molar-refractivity contribution in [3.63, 3.8) is 0 Å². The predicted octanol–water partition coefficient (Wildman–Crippen LogP) is 6.40. The highest BCUT2D eigenvalue weighted by Crippen LogP contribution is 2.36. The molecule has 21 nitrogen and oxygen atoms in total. The van der Waals surface area contributed by atoms with Crippen molar-refractivity contribution < 1.29 is 47.8 Å². The molecule has 2 aromatic heterocycles. The molecule has 0 atom stereocenters. The molecule has 2 amide bonds. The number of fused-ring (bicyclic) bond motifs is 1. The number of nitrogens with one attached hydrogen (secondary N) is 3. The summed E-state index contributed by atoms with van der Waals surface area (Å²) in [7, 11) is 0. The predicted molar refractivity (Wildman–Crippen MR) is 244 cm³/mol. The second-order valence-corrected chi connectivity index (χ2v) is 15.0. The Balaban J connectivity index is 1.56. The summed E-state index contributed by atoms with van der Waals surface area (Å²) in [5, 5.41) is 24.8. The van der Waals surface area contributed by atoms with Crippen molar-refractivity contribution in [2.45, 2.75) is 73.1 Å². The highest BCUT2D eigenvalue weighted by Gasteiger charge is 2.22. The van der Waals surface area contributed by atoms with E-state index in [2.05, 4.69) is 31.0 Å². The molecule has 4 rings (SSSR count). The number of nitro groups is 1. The molecular formula is C44H54N10O11. The fourth-order valence-corrected chi connectivity index (χ4v) is 5.96. The van der Waals surface area contributed by atoms with E-state index in [4.69, 9.17) is 24.7 Å². The lowest BCUT2D eigenvalue weighted by atomic mass is 10.1. The van der Waals surface area contributed by atoms with Crippen LogP contribution in [-0.2, 0) is 32.2 Å². The van der Waals surface area contributed by atoms with Gasteiger partial charge in [-0.25, -0.2) is 9.78 Å². The van der Waals surface area contributed by atoms with E-state index < -0.39 is 28.2 Å². The molecule has 0 aliphatic heterocycles. The maximum Gasteiger partial charge on any atom is 0.412 e. The average molecular weight is 899 g/mol. The number of aromatic nitrogens is 4. The summed E-state index contributed by atoms with van der Waals surface area (Å²) in [6, 6.07) is 5.58. The second-order valence-electron chi connectivity index (χ2n) is 15.0. The molecule has 4 aromatic rings. The third kappa shape index (κ3) is 15.5. The van der Waals surface area contributed by atoms with Gasteiger partial charge in [0.2, 0.25) is 5.95 Å². The van der Waals surface area contributed by atoms with Gasteiger partial charge in [0.05, 0.1) is 42.1 Å². The monoisotopic (exact) mass is 898 g/mol. The van der Waals surface area contributed by atoms with Crippen LogP contribution in [-0.4, -0.2) is 99.0 Å². The molecule has 0 unspecified atom stereocenters. The number of carbonyl (C=O) groups excluding carboxylic acids is 5. The Labute approximate surface area is 374 Å². The molecule has 5 N–H and O–H groups in total. The molecule has 0 radical (unpaired) electrons. The number of esters is 1. The number of nitro benzene ring substituents is 1. The minimum atomic E-state index is -0.664. The van der Waals surface area contributed by atoms with Crippen LogP contribution in [0.25, 0.3) is 11.0 Å². The molecule has 21 heteroatoms. The van der Waals surface area contributed by atoms with E-state index in [9.17, 15) is 34.1 Å². The van der Waals surface area contributed by atoms with Gasteiger partial charge in [-0.05, 0) is 78.3 Å². The van der Waals surface area contributed by atoms with Crippen molar-refractivity contribution in [3.05, 3.63) is 94.0 Å². The molecule has 0 saturated carbocycles. The van der Waals surface area contributed by atoms with Gasteiger partial charge in [-0.3, -0.25) is 49.6 Å². The standard InChI is InChI=1S/C44H54N10O11/c1-7-46-34(20-29(3)45)41(58)51-42-50-33-21-30(27-55)24-37(64-19-13-14-38(57)62-8-2)40(33)53(42)17-10-9-15-47-39-35(54(60)61)22-31(28-56)23-36(39)63-18-12-11-16-52-26-32(25-48-52)49-43(59)65-44(4,5)6/h9-12,20-28,47H,7-8,13-19,45H2,1-6H3,(H,49,59)(H,50,51,58)/b10-9+,12-11+,29-20-,46-34?. The lowest BCUT2D eigenvalue weighted by Crippen LogP contribution is -2.27. The zero-order valence-corrected chi connectivity index (χ0v) is 37.1. The van der Waals surface area contributed by atoms with Gasteiger partial charge in [0.1, 0.15) is 41.8 Å². The van der Waals surface area contributed by atoms with Crippen molar-refractivity contribution in [1.82, 2.24) is 19.3 Å². The van der Waals surface area contributed by atoms with Gasteiger partial charge in [-0.2, -0.15) is 5.10 Å². The number of hydrogen-bond acceptors (Lipinski definition) is 16. The summed E-state index contributed by atoms with van der Waals surface area (Å²) in [6.07, 6.45) is 12.2. The Morgan fingerprint density at radius 1 is 0.969 bits per heavy atom. The zero-order valence-electron chi connectivity index (χ0n) is 37.1. The number of benzene rings is 2. The van der Waals surface area contributed by atoms with Crippen LogP contribution in [0.3, 0.4) is 0 Å². The molecule has 2 heterocycles. The maximum absolute atomic E-state index is 13.5. The number of anilines is 3. The summed E-state index contributed by atoms with van der Waals surface area (Å²) >= 11 is 0. The Hall–Kier alpha value is -7.84. The quantitative estimate of drug-likeness (QED) is 0.0113. The first kappa shape index (κ1) is 49.8. The normalized spacial score (nSPS) is 12.0. The third-order valence-corrected chi connectivity index (χ3v) is 8.56. The van der Waals surface area contributed by atoms with Gasteiger partial charge >= 0.3 is 12.1 Å². The van der Waals surface area contributed by atoms with Gasteiger partial charge in [-0.15, -0.1) is 0 Å². The SMILES string of the molecule is CCN=C(/C=C(/C)N)C(=O)Nc1nc2cc(C=O)cc(OCCCC(=O)OCC)c2n1C/C=C/CNc1c(OC/C=C/Cn2cc(NC(=O)OC(C)(C)C)cn2)cc(C=O)cc1[N+](=O)[O-]. The number of rotatable bonds is 24. The topological polar surface area (TPSA) is 276 Å². The van der Waals surface area contributed by atoms with E-state index in [1.807, 2.05) is 0 Å². The van der Waals surface area contributed by atoms with Gasteiger partial charge in [0.15, 0.2) is 11.4 Å². The zero-order chi connectivity index (χ0) is 47.5. The molecule has 2 aromatic carbocycles. The van der Waals surface area contributed by atoms with Crippen LogP contribution >= 0.6 is 0 Å². The Morgan fingerprint density at radius 3 is 2.37 bits per heavy atom. The highest BCUT2D eigenvalue weighted by molar-refractivity contribution is 6.47. The van der Waals surface area contributed by atoms with Crippen LogP contribution in [0.5, 0.6) is 11.5 Å². The smallest absolute Gasteiger partial charge is 0.412 e. The van der Waals surface area contributed by atoms with Crippen LogP contribution in [0.4, 0.5) is 27.8 Å². The van der Waals surface area contributed by atoms with Crippen LogP contribution < -0.4 is 31.2 Å². The molecule has 0 bridgehead atoms. The van der Waals surface area contributed by atoms with Crippen molar-refractivity contribution >= 4 is 70.3 Å². The summed E-state index contributed by atoms with van der Waals surface area (Å²) in [5.74, 6) is -0.572. The number of amides is 2. The van der Waals surface area contributed by atoms with E-state index in [0.717, 1.165) is 6.07 Å². The van der Waals surface area contributed by atoms with Crippen molar-refractivity contribution in [1.29, 1.82) is 0 Å². The molecule has 0 aliphatic carbocycles. The molecule has 65 heavy (non-hydrogen) atoms. The Morgan fingerprint density at radius 2 is 1.69 bits per heavy atom. The number of aliphatic imine (C=N–C) groups is 1. The van der Waals surface area contributed by atoms with E-state index in [1.54, 1.807) is 81.3 Å². The molecule has 0 saturated heterocycles. The minimum absolute atomic E-state index is 0.0236. The minimum Gasteiger partial charge on any atom is -0.491 e. The number of imidazole rings is 1. The number of carbonyl (C=O) groups is 5. The first-order chi connectivity index (χ1) is 31.0. The first-order valence-corrected chi connectivity index (χ1v) is 20.6. The van der Waals surface area contributed by atoms with Crippen molar-refractivity contribution in [3.8, 4) is 11.5 Å². The van der Waals surface area contributed by atoms with Gasteiger partial charge < -0.3 is 34.6 Å². The van der Waals surface area contributed by atoms with Gasteiger partial charge in [-0.1, -0.05) is 18.2 Å². The molecule has 0 spiro atoms. The molecule has 0 fully saturated rings. The van der Waals surface area contributed by atoms with Crippen LogP contribution in [0.1, 0.15) is 75.1 Å². The number of ether oxygens (including phenoxy) is 4. The van der Waals surface area contributed by atoms with Crippen molar-refractivity contribution in [2.75, 3.05) is 48.9 Å². The summed E-state index contributed by atoms with van der Waals surface area (Å²) < 4.78 is 25.5. The lowest BCUT2D eigenvalue weighted by molar-refractivity contribution is -0.384. The second kappa shape index (κ2) is 24.1. The lowest BCUT2D eigenvalue weighted by Gasteiger charge is -2.19. The largest absolute Gasteiger partial charge is 0.491 e. The van der Waals surface area contributed by atoms with Gasteiger partial charge in [0, 0.05) is 55.1 Å². The number of hydrogen-bond donors (Lipinski definition) is 4. The fraction of sp³-hybridized carbons (Fsp3) is 0.364. The molecule has 0 aliphatic rings. The summed E-state index contributed by atoms with van der Waals surface area (Å²) in [6.45, 7) is 11.4. The van der Waals surface area contributed by atoms with E-state index >= 15 is 0 Å². The van der Waals surface area contributed by atoms with E-state index in [1.165, 1.54) is 30.5 Å². The molecular weight excluding hydrogens is 845 g/mol. The van der Waals surface area contributed by atoms with Crippen molar-refractivity contribution in [2.24, 2.45) is 10.7 Å². The number of aldehydes is 2. The Kier molecular flexibility index (Phi) is 18.5. The number of nitrogens with two attached hydrogens (primary N) is 1. The third-order valence-electron chi connectivity index (χ3n) is 8.56. The Bertz CT molecular complexity index is 2470. The molecule has 346 valence electrons. The number of nitrogens with zero attached hydrogens (tertiary/aromatic N) is 6. The highest BCUT2D eigenvalue weighted by atomic mass is 16.6. The summed E-state index contributed by atoms with van der Waals surface area (Å²) in [5.41, 5.74) is 6.71. The van der Waals surface area contributed by atoms with Crippen LogP contribution in [0.2, 0.25) is 0 Å². The first-order valence-electron chi connectivity index (χ1n) is 20.6. The average Bonchev–Trinajstić information content (AvgIpc) is 3.83. The van der Waals surface area contributed by atoms with E-state index in [-0.39, 0.29) is 85.3 Å². The summed E-state index contributed by atoms with van der Waals surface area (Å²) in [4.78, 5) is 81.6.